The van der Waals surface area contributed by atoms with Crippen LogP contribution in [0.4, 0.5) is 8.78 Å². The smallest absolute Gasteiger partial charge is 0.206 e. The maximum absolute atomic E-state index is 13.6. The zero-order valence-corrected chi connectivity index (χ0v) is 11.3. The number of ketones is 1. The minimum atomic E-state index is -0.808. The predicted octanol–water partition coefficient (Wildman–Crippen LogP) is 4.53. The Morgan fingerprint density at radius 2 is 1.83 bits per heavy atom. The van der Waals surface area contributed by atoms with E-state index in [0.29, 0.717) is 4.88 Å². The number of carbonyl (C=O) groups excluding carboxylic acids is 1. The Labute approximate surface area is 112 Å². The lowest BCUT2D eigenvalue weighted by Gasteiger charge is -2.03. The van der Waals surface area contributed by atoms with Gasteiger partial charge in [0.1, 0.15) is 11.6 Å². The molecule has 0 aliphatic heterocycles. The lowest BCUT2D eigenvalue weighted by Crippen LogP contribution is -2.04. The molecule has 1 nitrogen and oxygen atoms in total. The van der Waals surface area contributed by atoms with E-state index < -0.39 is 17.4 Å². The van der Waals surface area contributed by atoms with Crippen LogP contribution in [0.5, 0.6) is 0 Å². The lowest BCUT2D eigenvalue weighted by atomic mass is 10.1. The zero-order chi connectivity index (χ0) is 13.4. The third-order valence-electron chi connectivity index (χ3n) is 2.50. The second-order valence-electron chi connectivity index (χ2n) is 3.94. The normalized spacial score (nSPS) is 10.7. The fourth-order valence-electron chi connectivity index (χ4n) is 1.69. The van der Waals surface area contributed by atoms with Gasteiger partial charge < -0.3 is 0 Å². The van der Waals surface area contributed by atoms with Crippen molar-refractivity contribution in [3.8, 4) is 0 Å². The Bertz CT molecular complexity index is 634. The van der Waals surface area contributed by atoms with E-state index in [1.54, 1.807) is 6.92 Å². The van der Waals surface area contributed by atoms with Gasteiger partial charge >= 0.3 is 0 Å². The maximum Gasteiger partial charge on any atom is 0.206 e. The average Bonchev–Trinajstić information content (AvgIpc) is 2.62. The minimum Gasteiger partial charge on any atom is -0.288 e. The molecule has 0 fully saturated rings. The topological polar surface area (TPSA) is 17.1 Å². The summed E-state index contributed by atoms with van der Waals surface area (Å²) in [7, 11) is 0. The first kappa shape index (κ1) is 13.2. The van der Waals surface area contributed by atoms with E-state index >= 15 is 0 Å². The van der Waals surface area contributed by atoms with Gasteiger partial charge in [-0.25, -0.2) is 8.78 Å². The van der Waals surface area contributed by atoms with Gasteiger partial charge in [0, 0.05) is 4.88 Å². The summed E-state index contributed by atoms with van der Waals surface area (Å²) in [6.07, 6.45) is 0. The summed E-state index contributed by atoms with van der Waals surface area (Å²) >= 11 is 6.71. The van der Waals surface area contributed by atoms with E-state index in [1.165, 1.54) is 11.3 Å². The molecule has 0 amide bonds. The van der Waals surface area contributed by atoms with Crippen LogP contribution in [-0.2, 0) is 0 Å². The Hall–Kier alpha value is -1.26. The first-order valence-electron chi connectivity index (χ1n) is 5.16. The number of rotatable bonds is 2. The Morgan fingerprint density at radius 1 is 1.17 bits per heavy atom. The lowest BCUT2D eigenvalue weighted by molar-refractivity contribution is 0.103. The molecule has 0 spiro atoms. The summed E-state index contributed by atoms with van der Waals surface area (Å²) in [6, 6.07) is 3.50. The van der Waals surface area contributed by atoms with Gasteiger partial charge in [0.25, 0.3) is 0 Å². The van der Waals surface area contributed by atoms with Crippen molar-refractivity contribution in [3.63, 3.8) is 0 Å². The van der Waals surface area contributed by atoms with Crippen molar-refractivity contribution in [1.82, 2.24) is 0 Å². The van der Waals surface area contributed by atoms with Crippen molar-refractivity contribution in [2.24, 2.45) is 0 Å². The number of halogens is 3. The number of benzene rings is 1. The molecule has 0 aliphatic rings. The van der Waals surface area contributed by atoms with Gasteiger partial charge in [0.2, 0.25) is 5.78 Å². The summed E-state index contributed by atoms with van der Waals surface area (Å²) < 4.78 is 26.9. The van der Waals surface area contributed by atoms with E-state index in [1.807, 2.05) is 13.0 Å². The van der Waals surface area contributed by atoms with Crippen molar-refractivity contribution in [1.29, 1.82) is 0 Å². The van der Waals surface area contributed by atoms with Crippen LogP contribution in [0.25, 0.3) is 0 Å². The molecule has 0 saturated carbocycles. The van der Waals surface area contributed by atoms with Crippen LogP contribution in [0.15, 0.2) is 18.2 Å². The molecule has 0 N–H and O–H groups in total. The zero-order valence-electron chi connectivity index (χ0n) is 9.68. The highest BCUT2D eigenvalue weighted by Gasteiger charge is 2.20. The molecule has 0 atom stereocenters. The summed E-state index contributed by atoms with van der Waals surface area (Å²) in [6.45, 7) is 3.62. The van der Waals surface area contributed by atoms with Crippen LogP contribution in [-0.4, -0.2) is 5.78 Å². The van der Waals surface area contributed by atoms with Gasteiger partial charge in [-0.05, 0) is 37.6 Å². The van der Waals surface area contributed by atoms with Crippen LogP contribution >= 0.6 is 22.9 Å². The van der Waals surface area contributed by atoms with Gasteiger partial charge in [-0.15, -0.1) is 11.3 Å². The van der Waals surface area contributed by atoms with Gasteiger partial charge in [-0.1, -0.05) is 11.6 Å². The SMILES string of the molecule is Cc1cc(C)c(C(=O)c2cc(F)c(Cl)cc2F)s1. The van der Waals surface area contributed by atoms with Crippen LogP contribution in [0.2, 0.25) is 5.02 Å². The van der Waals surface area contributed by atoms with Crippen LogP contribution in [0.3, 0.4) is 0 Å². The van der Waals surface area contributed by atoms with Crippen molar-refractivity contribution in [2.45, 2.75) is 13.8 Å². The van der Waals surface area contributed by atoms with E-state index in [0.717, 1.165) is 22.6 Å². The number of aryl methyl sites for hydroxylation is 2. The third-order valence-corrected chi connectivity index (χ3v) is 3.94. The molecule has 1 aromatic heterocycles. The molecule has 1 heterocycles. The van der Waals surface area contributed by atoms with E-state index in [4.69, 9.17) is 11.6 Å². The first-order valence-corrected chi connectivity index (χ1v) is 6.36. The fraction of sp³-hybridized carbons (Fsp3) is 0.154. The molecular weight excluding hydrogens is 278 g/mol. The number of carbonyl (C=O) groups is 1. The monoisotopic (exact) mass is 286 g/mol. The first-order chi connectivity index (χ1) is 8.40. The molecular formula is C13H9ClF2OS. The number of thiophene rings is 1. The standard InChI is InChI=1S/C13H9ClF2OS/c1-6-3-7(2)18-13(6)12(17)8-4-11(16)9(14)5-10(8)15/h3-5H,1-2H3. The highest BCUT2D eigenvalue weighted by atomic mass is 35.5. The molecule has 0 saturated heterocycles. The molecule has 1 aromatic carbocycles. The van der Waals surface area contributed by atoms with Crippen LogP contribution in [0, 0.1) is 25.5 Å². The Morgan fingerprint density at radius 3 is 2.39 bits per heavy atom. The largest absolute Gasteiger partial charge is 0.288 e. The molecule has 18 heavy (non-hydrogen) atoms. The van der Waals surface area contributed by atoms with Crippen molar-refractivity contribution in [2.75, 3.05) is 0 Å². The molecule has 2 aromatic rings. The summed E-state index contributed by atoms with van der Waals surface area (Å²) in [5, 5.41) is -0.330. The van der Waals surface area contributed by atoms with Gasteiger partial charge in [-0.3, -0.25) is 4.79 Å². The molecule has 0 aliphatic carbocycles. The quantitative estimate of drug-likeness (QED) is 0.586. The van der Waals surface area contributed by atoms with Gasteiger partial charge in [0.05, 0.1) is 15.5 Å². The van der Waals surface area contributed by atoms with E-state index in [-0.39, 0.29) is 10.6 Å². The highest BCUT2D eigenvalue weighted by Crippen LogP contribution is 2.27. The third kappa shape index (κ3) is 2.31. The van der Waals surface area contributed by atoms with E-state index in [9.17, 15) is 13.6 Å². The van der Waals surface area contributed by atoms with E-state index in [2.05, 4.69) is 0 Å². The fourth-order valence-corrected chi connectivity index (χ4v) is 2.82. The van der Waals surface area contributed by atoms with Crippen molar-refractivity contribution in [3.05, 3.63) is 55.7 Å². The Kier molecular flexibility index (Phi) is 3.50. The van der Waals surface area contributed by atoms with Crippen molar-refractivity contribution >= 4 is 28.7 Å². The summed E-state index contributed by atoms with van der Waals surface area (Å²) in [5.74, 6) is -2.12. The second-order valence-corrected chi connectivity index (χ2v) is 5.61. The molecule has 0 unspecified atom stereocenters. The molecule has 2 rings (SSSR count). The average molecular weight is 287 g/mol. The highest BCUT2D eigenvalue weighted by molar-refractivity contribution is 7.14. The van der Waals surface area contributed by atoms with Gasteiger partial charge in [-0.2, -0.15) is 0 Å². The molecule has 94 valence electrons. The number of hydrogen-bond acceptors (Lipinski definition) is 2. The van der Waals surface area contributed by atoms with Crippen molar-refractivity contribution < 1.29 is 13.6 Å². The molecule has 0 radical (unpaired) electrons. The van der Waals surface area contributed by atoms with Crippen LogP contribution in [0.1, 0.15) is 25.7 Å². The van der Waals surface area contributed by atoms with Crippen LogP contribution < -0.4 is 0 Å². The number of hydrogen-bond donors (Lipinski definition) is 0. The summed E-state index contributed by atoms with van der Waals surface area (Å²) in [4.78, 5) is 13.5. The predicted molar refractivity (Wildman–Crippen MR) is 68.6 cm³/mol. The van der Waals surface area contributed by atoms with Gasteiger partial charge in [0.15, 0.2) is 0 Å². The Balaban J connectivity index is 2.53. The second kappa shape index (κ2) is 4.78. The minimum absolute atomic E-state index is 0.290. The summed E-state index contributed by atoms with van der Waals surface area (Å²) in [5.41, 5.74) is 0.471. The molecule has 5 heteroatoms. The maximum atomic E-state index is 13.6. The molecule has 0 bridgehead atoms.